The molecule has 0 saturated heterocycles. The summed E-state index contributed by atoms with van der Waals surface area (Å²) in [4.78, 5) is 12.3. The maximum atomic E-state index is 13.2. The van der Waals surface area contributed by atoms with Crippen LogP contribution in [0, 0.1) is 11.6 Å². The van der Waals surface area contributed by atoms with Crippen LogP contribution < -0.4 is 9.62 Å². The lowest BCUT2D eigenvalue weighted by Gasteiger charge is -2.19. The van der Waals surface area contributed by atoms with Gasteiger partial charge in [0, 0.05) is 24.4 Å². The van der Waals surface area contributed by atoms with E-state index in [0.717, 1.165) is 16.4 Å². The summed E-state index contributed by atoms with van der Waals surface area (Å²) in [6.45, 7) is 0. The van der Waals surface area contributed by atoms with Crippen molar-refractivity contribution in [2.24, 2.45) is 0 Å². The fourth-order valence-corrected chi connectivity index (χ4v) is 3.69. The van der Waals surface area contributed by atoms with Crippen LogP contribution in [-0.4, -0.2) is 21.4 Å². The largest absolute Gasteiger partial charge is 0.322 e. The van der Waals surface area contributed by atoms with E-state index in [1.165, 1.54) is 37.4 Å². The molecule has 0 atom stereocenters. The van der Waals surface area contributed by atoms with Crippen LogP contribution in [0.5, 0.6) is 0 Å². The van der Waals surface area contributed by atoms with Crippen LogP contribution in [0.3, 0.4) is 0 Å². The van der Waals surface area contributed by atoms with Gasteiger partial charge in [0.2, 0.25) is 0 Å². The lowest BCUT2D eigenvalue weighted by atomic mass is 10.2. The summed E-state index contributed by atoms with van der Waals surface area (Å²) in [7, 11) is -2.35. The number of rotatable bonds is 5. The van der Waals surface area contributed by atoms with Gasteiger partial charge in [-0.2, -0.15) is 0 Å². The van der Waals surface area contributed by atoms with Crippen molar-refractivity contribution in [2.75, 3.05) is 16.7 Å². The topological polar surface area (TPSA) is 66.5 Å². The Balaban J connectivity index is 1.78. The smallest absolute Gasteiger partial charge is 0.264 e. The average Bonchev–Trinajstić information content (AvgIpc) is 2.71. The Morgan fingerprint density at radius 3 is 2.14 bits per heavy atom. The van der Waals surface area contributed by atoms with Gasteiger partial charge in [-0.15, -0.1) is 0 Å². The highest BCUT2D eigenvalue weighted by Crippen LogP contribution is 2.22. The molecule has 0 heterocycles. The van der Waals surface area contributed by atoms with Crippen molar-refractivity contribution in [3.63, 3.8) is 0 Å². The summed E-state index contributed by atoms with van der Waals surface area (Å²) in [5.74, 6) is -2.68. The molecule has 0 aliphatic rings. The fraction of sp³-hybridized carbons (Fsp3) is 0.0500. The van der Waals surface area contributed by atoms with Crippen LogP contribution in [-0.2, 0) is 10.0 Å². The monoisotopic (exact) mass is 402 g/mol. The molecule has 0 radical (unpaired) electrons. The fourth-order valence-electron chi connectivity index (χ4n) is 2.49. The molecule has 3 aromatic carbocycles. The second kappa shape index (κ2) is 7.77. The predicted molar refractivity (Wildman–Crippen MR) is 103 cm³/mol. The first-order chi connectivity index (χ1) is 13.3. The van der Waals surface area contributed by atoms with E-state index in [2.05, 4.69) is 5.32 Å². The SMILES string of the molecule is CN(c1ccccc1)S(=O)(=O)c1ccc(C(=O)Nc2ccc(F)c(F)c2)cc1. The van der Waals surface area contributed by atoms with Crippen LogP contribution in [0.15, 0.2) is 77.7 Å². The highest BCUT2D eigenvalue weighted by Gasteiger charge is 2.21. The van der Waals surface area contributed by atoms with Gasteiger partial charge in [0.1, 0.15) is 0 Å². The number of nitrogens with zero attached hydrogens (tertiary/aromatic N) is 1. The Kier molecular flexibility index (Phi) is 5.41. The molecule has 8 heteroatoms. The number of hydrogen-bond acceptors (Lipinski definition) is 3. The molecule has 0 unspecified atom stereocenters. The molecule has 0 saturated carbocycles. The number of nitrogens with one attached hydrogen (secondary N) is 1. The predicted octanol–water partition coefficient (Wildman–Crippen LogP) is 4.04. The van der Waals surface area contributed by atoms with Crippen molar-refractivity contribution in [1.29, 1.82) is 0 Å². The van der Waals surface area contributed by atoms with Crippen LogP contribution in [0.2, 0.25) is 0 Å². The molecule has 0 aliphatic heterocycles. The van der Waals surface area contributed by atoms with E-state index >= 15 is 0 Å². The van der Waals surface area contributed by atoms with Crippen molar-refractivity contribution >= 4 is 27.3 Å². The number of amides is 1. The van der Waals surface area contributed by atoms with Gasteiger partial charge in [-0.05, 0) is 48.5 Å². The third-order valence-corrected chi connectivity index (χ3v) is 5.87. The lowest BCUT2D eigenvalue weighted by Crippen LogP contribution is -2.26. The molecule has 0 aliphatic carbocycles. The molecule has 0 fully saturated rings. The van der Waals surface area contributed by atoms with Gasteiger partial charge in [0.25, 0.3) is 15.9 Å². The zero-order valence-corrected chi connectivity index (χ0v) is 15.6. The van der Waals surface area contributed by atoms with E-state index in [1.807, 2.05) is 0 Å². The number of anilines is 2. The lowest BCUT2D eigenvalue weighted by molar-refractivity contribution is 0.102. The Hall–Kier alpha value is -3.26. The van der Waals surface area contributed by atoms with Crippen molar-refractivity contribution in [2.45, 2.75) is 4.90 Å². The molecule has 5 nitrogen and oxygen atoms in total. The summed E-state index contributed by atoms with van der Waals surface area (Å²) in [6, 6.07) is 16.9. The maximum absolute atomic E-state index is 13.2. The maximum Gasteiger partial charge on any atom is 0.264 e. The summed E-state index contributed by atoms with van der Waals surface area (Å²) >= 11 is 0. The van der Waals surface area contributed by atoms with Crippen LogP contribution in [0.4, 0.5) is 20.2 Å². The van der Waals surface area contributed by atoms with E-state index in [-0.39, 0.29) is 16.1 Å². The molecule has 144 valence electrons. The molecule has 3 rings (SSSR count). The van der Waals surface area contributed by atoms with Gasteiger partial charge in [0.05, 0.1) is 10.6 Å². The van der Waals surface area contributed by atoms with Gasteiger partial charge >= 0.3 is 0 Å². The van der Waals surface area contributed by atoms with Crippen LogP contribution in [0.25, 0.3) is 0 Å². The van der Waals surface area contributed by atoms with E-state index in [9.17, 15) is 22.0 Å². The number of halogens is 2. The standard InChI is InChI=1S/C20H16F2N2O3S/c1-24(16-5-3-2-4-6-16)28(26,27)17-10-7-14(8-11-17)20(25)23-15-9-12-18(21)19(22)13-15/h2-13H,1H3,(H,23,25). The van der Waals surface area contributed by atoms with Gasteiger partial charge in [-0.1, -0.05) is 18.2 Å². The molecule has 3 aromatic rings. The number of sulfonamides is 1. The first-order valence-corrected chi connectivity index (χ1v) is 9.63. The summed E-state index contributed by atoms with van der Waals surface area (Å²) in [5.41, 5.74) is 0.762. The molecule has 0 spiro atoms. The Labute approximate surface area is 161 Å². The van der Waals surface area contributed by atoms with E-state index in [4.69, 9.17) is 0 Å². The molecule has 1 N–H and O–H groups in total. The number of carbonyl (C=O) groups excluding carboxylic acids is 1. The summed E-state index contributed by atoms with van der Waals surface area (Å²) < 4.78 is 52.8. The number of para-hydroxylation sites is 1. The molecule has 1 amide bonds. The van der Waals surface area contributed by atoms with Gasteiger partial charge < -0.3 is 5.32 Å². The van der Waals surface area contributed by atoms with Crippen molar-refractivity contribution in [1.82, 2.24) is 0 Å². The van der Waals surface area contributed by atoms with Gasteiger partial charge in [-0.3, -0.25) is 9.10 Å². The normalized spacial score (nSPS) is 11.1. The van der Waals surface area contributed by atoms with Crippen molar-refractivity contribution in [3.05, 3.63) is 90.0 Å². The molecular weight excluding hydrogens is 386 g/mol. The minimum Gasteiger partial charge on any atom is -0.322 e. The third kappa shape index (κ3) is 4.01. The second-order valence-corrected chi connectivity index (χ2v) is 7.88. The molecule has 0 aromatic heterocycles. The second-order valence-electron chi connectivity index (χ2n) is 5.92. The Morgan fingerprint density at radius 1 is 0.893 bits per heavy atom. The Bertz CT molecular complexity index is 1100. The van der Waals surface area contributed by atoms with Crippen LogP contribution in [0.1, 0.15) is 10.4 Å². The quantitative estimate of drug-likeness (QED) is 0.700. The zero-order valence-electron chi connectivity index (χ0n) is 14.8. The number of benzene rings is 3. The average molecular weight is 402 g/mol. The van der Waals surface area contributed by atoms with E-state index < -0.39 is 27.6 Å². The van der Waals surface area contributed by atoms with E-state index in [0.29, 0.717) is 5.69 Å². The van der Waals surface area contributed by atoms with Gasteiger partial charge in [-0.25, -0.2) is 17.2 Å². The van der Waals surface area contributed by atoms with Crippen LogP contribution >= 0.6 is 0 Å². The highest BCUT2D eigenvalue weighted by atomic mass is 32.2. The van der Waals surface area contributed by atoms with E-state index in [1.54, 1.807) is 30.3 Å². The number of hydrogen-bond donors (Lipinski definition) is 1. The summed E-state index contributed by atoms with van der Waals surface area (Å²) in [6.07, 6.45) is 0. The first kappa shape index (κ1) is 19.5. The minimum atomic E-state index is -3.79. The molecule has 28 heavy (non-hydrogen) atoms. The molecular formula is C20H16F2N2O3S. The van der Waals surface area contributed by atoms with Gasteiger partial charge in [0.15, 0.2) is 11.6 Å². The Morgan fingerprint density at radius 2 is 1.54 bits per heavy atom. The third-order valence-electron chi connectivity index (χ3n) is 4.07. The summed E-state index contributed by atoms with van der Waals surface area (Å²) in [5, 5.41) is 2.43. The van der Waals surface area contributed by atoms with Crippen molar-refractivity contribution < 1.29 is 22.0 Å². The highest BCUT2D eigenvalue weighted by molar-refractivity contribution is 7.92. The van der Waals surface area contributed by atoms with Crippen molar-refractivity contribution in [3.8, 4) is 0 Å². The molecule has 0 bridgehead atoms. The first-order valence-electron chi connectivity index (χ1n) is 8.19. The zero-order chi connectivity index (χ0) is 20.3. The number of carbonyl (C=O) groups is 1. The minimum absolute atomic E-state index is 0.0169.